The lowest BCUT2D eigenvalue weighted by molar-refractivity contribution is -0.150. The number of hydrogen-bond acceptors (Lipinski definition) is 3. The van der Waals surface area contributed by atoms with E-state index in [1.54, 1.807) is 31.2 Å². The zero-order valence-electron chi connectivity index (χ0n) is 14.4. The Balaban J connectivity index is 1.90. The third-order valence-electron chi connectivity index (χ3n) is 3.66. The highest BCUT2D eigenvalue weighted by Gasteiger charge is 2.20. The molecule has 1 amide bonds. The summed E-state index contributed by atoms with van der Waals surface area (Å²) in [4.78, 5) is 24.1. The lowest BCUT2D eigenvalue weighted by Crippen LogP contribution is -2.37. The lowest BCUT2D eigenvalue weighted by atomic mass is 10.1. The zero-order chi connectivity index (χ0) is 19.1. The minimum atomic E-state index is -0.934. The van der Waals surface area contributed by atoms with Crippen LogP contribution in [0.2, 0.25) is 10.0 Å². The molecule has 0 aromatic heterocycles. The molecule has 0 bridgehead atoms. The Hall–Kier alpha value is -2.30. The van der Waals surface area contributed by atoms with E-state index in [1.165, 1.54) is 13.0 Å². The number of nitrogens with one attached hydrogen (secondary N) is 1. The zero-order valence-corrected chi connectivity index (χ0v) is 15.9. The van der Waals surface area contributed by atoms with Gasteiger partial charge in [-0.2, -0.15) is 0 Å². The molecule has 4 nitrogen and oxygen atoms in total. The predicted molar refractivity (Wildman–Crippen MR) is 104 cm³/mol. The number of carbonyl (C=O) groups excluding carboxylic acids is 2. The Morgan fingerprint density at radius 3 is 2.42 bits per heavy atom. The average molecular weight is 392 g/mol. The van der Waals surface area contributed by atoms with Crippen molar-refractivity contribution in [3.63, 3.8) is 0 Å². The molecule has 2 aromatic rings. The fraction of sp³-hybridized carbons (Fsp3) is 0.200. The fourth-order valence-electron chi connectivity index (χ4n) is 2.26. The summed E-state index contributed by atoms with van der Waals surface area (Å²) < 4.78 is 5.13. The van der Waals surface area contributed by atoms with E-state index in [0.717, 1.165) is 11.1 Å². The molecule has 2 rings (SSSR count). The van der Waals surface area contributed by atoms with E-state index in [-0.39, 0.29) is 6.04 Å². The summed E-state index contributed by atoms with van der Waals surface area (Å²) in [5.41, 5.74) is 1.60. The number of halogens is 2. The molecule has 136 valence electrons. The second kappa shape index (κ2) is 9.41. The molecular formula is C20H19Cl2NO3. The molecule has 0 aliphatic rings. The van der Waals surface area contributed by atoms with Crippen LogP contribution in [0.5, 0.6) is 0 Å². The van der Waals surface area contributed by atoms with E-state index in [4.69, 9.17) is 27.9 Å². The SMILES string of the molecule is C[C@@H](OC(=O)/C=C/c1ccccc1)C(=O)N[C@H](C)c1ccc(Cl)cc1Cl. The highest BCUT2D eigenvalue weighted by atomic mass is 35.5. The maximum atomic E-state index is 12.2. The highest BCUT2D eigenvalue weighted by molar-refractivity contribution is 6.35. The first-order valence-electron chi connectivity index (χ1n) is 8.06. The van der Waals surface area contributed by atoms with Gasteiger partial charge in [-0.05, 0) is 43.2 Å². The van der Waals surface area contributed by atoms with Crippen molar-refractivity contribution in [2.24, 2.45) is 0 Å². The Kier molecular flexibility index (Phi) is 7.25. The van der Waals surface area contributed by atoms with E-state index < -0.39 is 18.0 Å². The van der Waals surface area contributed by atoms with Crippen LogP contribution in [0.15, 0.2) is 54.6 Å². The lowest BCUT2D eigenvalue weighted by Gasteiger charge is -2.19. The van der Waals surface area contributed by atoms with Crippen LogP contribution in [-0.4, -0.2) is 18.0 Å². The Morgan fingerprint density at radius 2 is 1.77 bits per heavy atom. The van der Waals surface area contributed by atoms with Crippen molar-refractivity contribution in [1.82, 2.24) is 5.32 Å². The molecule has 6 heteroatoms. The van der Waals surface area contributed by atoms with Gasteiger partial charge < -0.3 is 10.1 Å². The molecule has 0 fully saturated rings. The molecule has 1 N–H and O–H groups in total. The van der Waals surface area contributed by atoms with E-state index in [1.807, 2.05) is 30.3 Å². The van der Waals surface area contributed by atoms with Gasteiger partial charge in [-0.3, -0.25) is 4.79 Å². The van der Waals surface area contributed by atoms with Crippen LogP contribution < -0.4 is 5.32 Å². The largest absolute Gasteiger partial charge is 0.449 e. The summed E-state index contributed by atoms with van der Waals surface area (Å²) in [6, 6.07) is 14.0. The van der Waals surface area contributed by atoms with Crippen LogP contribution in [0.25, 0.3) is 6.08 Å². The van der Waals surface area contributed by atoms with Crippen molar-refractivity contribution in [2.75, 3.05) is 0 Å². The van der Waals surface area contributed by atoms with Gasteiger partial charge in [-0.25, -0.2) is 4.79 Å². The maximum Gasteiger partial charge on any atom is 0.331 e. The normalized spacial score (nSPS) is 13.2. The van der Waals surface area contributed by atoms with Gasteiger partial charge in [0, 0.05) is 16.1 Å². The second-order valence-corrected chi connectivity index (χ2v) is 6.56. The minimum absolute atomic E-state index is 0.353. The van der Waals surface area contributed by atoms with Crippen molar-refractivity contribution < 1.29 is 14.3 Å². The number of hydrogen-bond donors (Lipinski definition) is 1. The van der Waals surface area contributed by atoms with Crippen LogP contribution in [0.4, 0.5) is 0 Å². The summed E-state index contributed by atoms with van der Waals surface area (Å²) in [5.74, 6) is -1.00. The molecule has 2 aromatic carbocycles. The molecule has 0 saturated heterocycles. The molecule has 0 heterocycles. The molecule has 0 saturated carbocycles. The minimum Gasteiger partial charge on any atom is -0.449 e. The molecular weight excluding hydrogens is 373 g/mol. The average Bonchev–Trinajstić information content (AvgIpc) is 2.60. The second-order valence-electron chi connectivity index (χ2n) is 5.72. The number of ether oxygens (including phenoxy) is 1. The molecule has 0 radical (unpaired) electrons. The van der Waals surface area contributed by atoms with Crippen molar-refractivity contribution >= 4 is 41.2 Å². The van der Waals surface area contributed by atoms with Crippen molar-refractivity contribution in [2.45, 2.75) is 26.0 Å². The van der Waals surface area contributed by atoms with Crippen LogP contribution in [-0.2, 0) is 14.3 Å². The van der Waals surface area contributed by atoms with Crippen molar-refractivity contribution in [1.29, 1.82) is 0 Å². The monoisotopic (exact) mass is 391 g/mol. The van der Waals surface area contributed by atoms with E-state index in [2.05, 4.69) is 5.32 Å². The molecule has 0 spiro atoms. The van der Waals surface area contributed by atoms with Gasteiger partial charge >= 0.3 is 5.97 Å². The van der Waals surface area contributed by atoms with Crippen LogP contribution in [0, 0.1) is 0 Å². The summed E-state index contributed by atoms with van der Waals surface area (Å²) in [7, 11) is 0. The molecule has 0 unspecified atom stereocenters. The van der Waals surface area contributed by atoms with Gasteiger partial charge in [0.25, 0.3) is 5.91 Å². The third-order valence-corrected chi connectivity index (χ3v) is 4.22. The Morgan fingerprint density at radius 1 is 1.08 bits per heavy atom. The van der Waals surface area contributed by atoms with Gasteiger partial charge in [-0.1, -0.05) is 59.6 Å². The van der Waals surface area contributed by atoms with Gasteiger partial charge in [0.05, 0.1) is 6.04 Å². The highest BCUT2D eigenvalue weighted by Crippen LogP contribution is 2.26. The van der Waals surface area contributed by atoms with Crippen molar-refractivity contribution in [3.8, 4) is 0 Å². The predicted octanol–water partition coefficient (Wildman–Crippen LogP) is 4.82. The fourth-order valence-corrected chi connectivity index (χ4v) is 2.83. The Bertz CT molecular complexity index is 806. The first-order valence-corrected chi connectivity index (χ1v) is 8.81. The van der Waals surface area contributed by atoms with Crippen LogP contribution in [0.3, 0.4) is 0 Å². The summed E-state index contributed by atoms with van der Waals surface area (Å²) in [5, 5.41) is 3.74. The van der Waals surface area contributed by atoms with Gasteiger partial charge in [0.1, 0.15) is 0 Å². The molecule has 0 aliphatic carbocycles. The first-order chi connectivity index (χ1) is 12.4. The topological polar surface area (TPSA) is 55.4 Å². The summed E-state index contributed by atoms with van der Waals surface area (Å²) in [6.45, 7) is 3.30. The van der Waals surface area contributed by atoms with Gasteiger partial charge in [-0.15, -0.1) is 0 Å². The van der Waals surface area contributed by atoms with E-state index in [9.17, 15) is 9.59 Å². The van der Waals surface area contributed by atoms with Crippen molar-refractivity contribution in [3.05, 3.63) is 75.8 Å². The van der Waals surface area contributed by atoms with Gasteiger partial charge in [0.15, 0.2) is 6.10 Å². The summed E-state index contributed by atoms with van der Waals surface area (Å²) in [6.07, 6.45) is 1.98. The van der Waals surface area contributed by atoms with E-state index >= 15 is 0 Å². The number of esters is 1. The quantitative estimate of drug-likeness (QED) is 0.567. The maximum absolute atomic E-state index is 12.2. The summed E-state index contributed by atoms with van der Waals surface area (Å²) >= 11 is 12.0. The number of benzene rings is 2. The number of rotatable bonds is 6. The molecule has 0 aliphatic heterocycles. The molecule has 26 heavy (non-hydrogen) atoms. The van der Waals surface area contributed by atoms with E-state index in [0.29, 0.717) is 10.0 Å². The number of carbonyl (C=O) groups is 2. The van der Waals surface area contributed by atoms with Crippen LogP contribution in [0.1, 0.15) is 31.0 Å². The van der Waals surface area contributed by atoms with Gasteiger partial charge in [0.2, 0.25) is 0 Å². The smallest absolute Gasteiger partial charge is 0.331 e. The number of amides is 1. The van der Waals surface area contributed by atoms with Crippen LogP contribution >= 0.6 is 23.2 Å². The molecule has 2 atom stereocenters. The third kappa shape index (κ3) is 5.90. The Labute approximate surface area is 162 Å². The first kappa shape index (κ1) is 20.0. The standard InChI is InChI=1S/C20H19Cl2NO3/c1-13(17-10-9-16(21)12-18(17)22)23-20(25)14(2)26-19(24)11-8-15-6-4-3-5-7-15/h3-14H,1-2H3,(H,23,25)/b11-8+/t13-,14-/m1/s1.